The van der Waals surface area contributed by atoms with Crippen LogP contribution in [0.25, 0.3) is 26.3 Å². The minimum atomic E-state index is -0.392. The standard InChI is InChI=1S/C24H20N4O3S/c1-14-19-21(26-28(23(19)31)24-25-17-10-6-7-11-18(17)32-24)20(15(2)29)22(30)27(14)13-12-16-8-4-3-5-9-16/h3-11,26H,12-13H2,1-2H3. The van der Waals surface area contributed by atoms with Gasteiger partial charge < -0.3 is 4.57 Å². The van der Waals surface area contributed by atoms with Crippen molar-refractivity contribution in [2.75, 3.05) is 0 Å². The molecule has 5 rings (SSSR count). The van der Waals surface area contributed by atoms with Crippen molar-refractivity contribution >= 4 is 38.2 Å². The van der Waals surface area contributed by atoms with Crippen molar-refractivity contribution in [1.29, 1.82) is 0 Å². The largest absolute Gasteiger partial charge is 0.311 e. The number of carbonyl (C=O) groups is 1. The lowest BCUT2D eigenvalue weighted by Gasteiger charge is -2.12. The first-order valence-electron chi connectivity index (χ1n) is 10.2. The van der Waals surface area contributed by atoms with E-state index in [1.165, 1.54) is 27.5 Å². The predicted molar refractivity (Wildman–Crippen MR) is 126 cm³/mol. The number of aromatic amines is 1. The van der Waals surface area contributed by atoms with Crippen molar-refractivity contribution < 1.29 is 4.79 Å². The fourth-order valence-electron chi connectivity index (χ4n) is 4.05. The van der Waals surface area contributed by atoms with Gasteiger partial charge in [-0.3, -0.25) is 19.5 Å². The molecule has 2 aromatic carbocycles. The molecule has 0 spiro atoms. The molecule has 0 saturated carbocycles. The maximum Gasteiger partial charge on any atom is 0.283 e. The van der Waals surface area contributed by atoms with E-state index in [-0.39, 0.29) is 22.4 Å². The Bertz CT molecular complexity index is 1570. The number of hydrogen-bond acceptors (Lipinski definition) is 5. The van der Waals surface area contributed by atoms with Gasteiger partial charge in [0.2, 0.25) is 5.13 Å². The van der Waals surface area contributed by atoms with Crippen LogP contribution in [0.1, 0.15) is 28.5 Å². The molecule has 5 aromatic rings. The summed E-state index contributed by atoms with van der Waals surface area (Å²) < 4.78 is 3.80. The Morgan fingerprint density at radius 2 is 1.75 bits per heavy atom. The van der Waals surface area contributed by atoms with Crippen LogP contribution in [0.5, 0.6) is 0 Å². The van der Waals surface area contributed by atoms with E-state index < -0.39 is 5.56 Å². The molecule has 8 heteroatoms. The lowest BCUT2D eigenvalue weighted by Crippen LogP contribution is -2.29. The van der Waals surface area contributed by atoms with Crippen LogP contribution >= 0.6 is 11.3 Å². The zero-order valence-corrected chi connectivity index (χ0v) is 18.4. The highest BCUT2D eigenvalue weighted by Crippen LogP contribution is 2.25. The van der Waals surface area contributed by atoms with E-state index in [1.807, 2.05) is 54.6 Å². The van der Waals surface area contributed by atoms with E-state index in [4.69, 9.17) is 0 Å². The number of ketones is 1. The molecular formula is C24H20N4O3S. The van der Waals surface area contributed by atoms with Gasteiger partial charge in [-0.1, -0.05) is 53.8 Å². The van der Waals surface area contributed by atoms with Crippen LogP contribution in [0.3, 0.4) is 0 Å². The van der Waals surface area contributed by atoms with Crippen molar-refractivity contribution in [3.8, 4) is 5.13 Å². The van der Waals surface area contributed by atoms with Gasteiger partial charge in [0.25, 0.3) is 11.1 Å². The number of thiazole rings is 1. The molecule has 0 aliphatic rings. The Morgan fingerprint density at radius 3 is 2.47 bits per heavy atom. The van der Waals surface area contributed by atoms with E-state index in [9.17, 15) is 14.4 Å². The molecule has 0 fully saturated rings. The van der Waals surface area contributed by atoms with Crippen LogP contribution < -0.4 is 11.1 Å². The van der Waals surface area contributed by atoms with Crippen LogP contribution in [0.2, 0.25) is 0 Å². The van der Waals surface area contributed by atoms with Gasteiger partial charge in [-0.05, 0) is 38.0 Å². The van der Waals surface area contributed by atoms with Gasteiger partial charge in [-0.15, -0.1) is 0 Å². The average molecular weight is 445 g/mol. The van der Waals surface area contributed by atoms with E-state index in [2.05, 4.69) is 10.1 Å². The first-order chi connectivity index (χ1) is 15.5. The predicted octanol–water partition coefficient (Wildman–Crippen LogP) is 3.84. The van der Waals surface area contributed by atoms with Gasteiger partial charge in [0, 0.05) is 12.2 Å². The third-order valence-electron chi connectivity index (χ3n) is 5.66. The summed E-state index contributed by atoms with van der Waals surface area (Å²) in [6.45, 7) is 3.47. The lowest BCUT2D eigenvalue weighted by atomic mass is 10.1. The number of rotatable bonds is 5. The van der Waals surface area contributed by atoms with Crippen molar-refractivity contribution in [3.05, 3.63) is 92.1 Å². The number of H-pyrrole nitrogens is 1. The van der Waals surface area contributed by atoms with E-state index >= 15 is 0 Å². The van der Waals surface area contributed by atoms with Gasteiger partial charge in [0.05, 0.1) is 21.1 Å². The minimum Gasteiger partial charge on any atom is -0.311 e. The molecule has 0 amide bonds. The molecule has 1 N–H and O–H groups in total. The fourth-order valence-corrected chi connectivity index (χ4v) is 4.98. The lowest BCUT2D eigenvalue weighted by molar-refractivity contribution is 0.101. The third kappa shape index (κ3) is 3.20. The quantitative estimate of drug-likeness (QED) is 0.417. The second kappa shape index (κ2) is 7.72. The zero-order valence-electron chi connectivity index (χ0n) is 17.6. The number of nitrogens with zero attached hydrogens (tertiary/aromatic N) is 3. The number of aryl methyl sites for hydroxylation is 2. The summed E-state index contributed by atoms with van der Waals surface area (Å²) in [5.74, 6) is -0.383. The Hall–Kier alpha value is -3.78. The van der Waals surface area contributed by atoms with E-state index in [0.29, 0.717) is 29.2 Å². The molecule has 0 unspecified atom stereocenters. The SMILES string of the molecule is CC(=O)c1c(=O)n(CCc2ccccc2)c(C)c2c(=O)n(-c3nc4ccccc4s3)[nH]c12. The molecule has 0 bridgehead atoms. The summed E-state index contributed by atoms with van der Waals surface area (Å²) in [6, 6.07) is 17.4. The number of para-hydroxylation sites is 1. The Morgan fingerprint density at radius 1 is 1.03 bits per heavy atom. The highest BCUT2D eigenvalue weighted by atomic mass is 32.1. The smallest absolute Gasteiger partial charge is 0.283 e. The van der Waals surface area contributed by atoms with Crippen molar-refractivity contribution in [2.24, 2.45) is 0 Å². The molecule has 0 atom stereocenters. The molecule has 0 aliphatic carbocycles. The van der Waals surface area contributed by atoms with Crippen LogP contribution in [-0.2, 0) is 13.0 Å². The van der Waals surface area contributed by atoms with Gasteiger partial charge in [-0.2, -0.15) is 4.68 Å². The highest BCUT2D eigenvalue weighted by molar-refractivity contribution is 7.20. The summed E-state index contributed by atoms with van der Waals surface area (Å²) in [4.78, 5) is 43.7. The molecule has 0 aliphatic heterocycles. The van der Waals surface area contributed by atoms with Gasteiger partial charge in [0.15, 0.2) is 5.78 Å². The van der Waals surface area contributed by atoms with Gasteiger partial charge in [0.1, 0.15) is 5.56 Å². The molecule has 160 valence electrons. The zero-order chi connectivity index (χ0) is 22.4. The number of Topliss-reactive ketones (excluding diaryl/α,β-unsaturated/α-hetero) is 1. The minimum absolute atomic E-state index is 0.00405. The Labute approximate surface area is 186 Å². The Kier molecular flexibility index (Phi) is 4.86. The summed E-state index contributed by atoms with van der Waals surface area (Å²) in [7, 11) is 0. The van der Waals surface area contributed by atoms with Gasteiger partial charge in [-0.25, -0.2) is 4.98 Å². The van der Waals surface area contributed by atoms with Gasteiger partial charge >= 0.3 is 0 Å². The second-order valence-corrected chi connectivity index (χ2v) is 8.68. The first kappa shape index (κ1) is 20.1. The summed E-state index contributed by atoms with van der Waals surface area (Å²) >= 11 is 1.37. The number of hydrogen-bond donors (Lipinski definition) is 1. The molecule has 3 heterocycles. The summed E-state index contributed by atoms with van der Waals surface area (Å²) in [6.07, 6.45) is 0.612. The number of fused-ring (bicyclic) bond motifs is 2. The highest BCUT2D eigenvalue weighted by Gasteiger charge is 2.23. The molecule has 3 aromatic heterocycles. The molecular weight excluding hydrogens is 424 g/mol. The number of benzene rings is 2. The number of nitrogens with one attached hydrogen (secondary N) is 1. The molecule has 0 saturated heterocycles. The first-order valence-corrected chi connectivity index (χ1v) is 11.1. The fraction of sp³-hybridized carbons (Fsp3) is 0.167. The second-order valence-electron chi connectivity index (χ2n) is 7.68. The third-order valence-corrected chi connectivity index (χ3v) is 6.68. The molecule has 32 heavy (non-hydrogen) atoms. The Balaban J connectivity index is 1.72. The van der Waals surface area contributed by atoms with Crippen LogP contribution in [-0.4, -0.2) is 25.1 Å². The van der Waals surface area contributed by atoms with Crippen molar-refractivity contribution in [3.63, 3.8) is 0 Å². The average Bonchev–Trinajstić information content (AvgIpc) is 3.35. The van der Waals surface area contributed by atoms with E-state index in [1.54, 1.807) is 6.92 Å². The maximum absolute atomic E-state index is 13.4. The van der Waals surface area contributed by atoms with E-state index in [0.717, 1.165) is 15.8 Å². The van der Waals surface area contributed by atoms with Crippen molar-refractivity contribution in [2.45, 2.75) is 26.8 Å². The molecule has 7 nitrogen and oxygen atoms in total. The summed E-state index contributed by atoms with van der Waals surface area (Å²) in [5, 5.41) is 3.79. The molecule has 0 radical (unpaired) electrons. The van der Waals surface area contributed by atoms with Crippen LogP contribution in [0, 0.1) is 6.92 Å². The number of pyridine rings is 1. The maximum atomic E-state index is 13.4. The van der Waals surface area contributed by atoms with Crippen LogP contribution in [0.4, 0.5) is 0 Å². The number of aromatic nitrogens is 4. The normalized spacial score (nSPS) is 11.4. The topological polar surface area (TPSA) is 89.8 Å². The monoisotopic (exact) mass is 444 g/mol. The number of carbonyl (C=O) groups excluding carboxylic acids is 1. The summed E-state index contributed by atoms with van der Waals surface area (Å²) in [5.41, 5.74) is 1.93. The van der Waals surface area contributed by atoms with Crippen molar-refractivity contribution in [1.82, 2.24) is 19.3 Å². The van der Waals surface area contributed by atoms with Crippen LogP contribution in [0.15, 0.2) is 64.2 Å².